The Morgan fingerprint density at radius 1 is 1.23 bits per heavy atom. The summed E-state index contributed by atoms with van der Waals surface area (Å²) in [6.07, 6.45) is 0.954. The molecule has 2 aromatic rings. The monoisotopic (exact) mass is 373 g/mol. The fourth-order valence-corrected chi connectivity index (χ4v) is 4.78. The van der Waals surface area contributed by atoms with Crippen LogP contribution in [0.25, 0.3) is 0 Å². The Bertz CT molecular complexity index is 869. The molecule has 0 fully saturated rings. The predicted octanol–water partition coefficient (Wildman–Crippen LogP) is 3.31. The molecule has 0 amide bonds. The van der Waals surface area contributed by atoms with Gasteiger partial charge in [-0.25, -0.2) is 13.9 Å². The lowest BCUT2D eigenvalue weighted by Crippen LogP contribution is -2.42. The smallest absolute Gasteiger partial charge is 0.316 e. The lowest BCUT2D eigenvalue weighted by atomic mass is 10.0. The number of hydrogen-bond acceptors (Lipinski definition) is 4. The number of nitrogens with zero attached hydrogens (tertiary/aromatic N) is 2. The number of aliphatic hydroxyl groups is 1. The van der Waals surface area contributed by atoms with Gasteiger partial charge in [-0.1, -0.05) is 17.7 Å². The summed E-state index contributed by atoms with van der Waals surface area (Å²) < 4.78 is 21.8. The fraction of sp³-hybridized carbons (Fsp3) is 0.350. The molecule has 2 aromatic carbocycles. The maximum absolute atomic E-state index is 14.8. The van der Waals surface area contributed by atoms with Crippen molar-refractivity contribution in [3.05, 3.63) is 59.4 Å². The molecule has 0 aliphatic carbocycles. The Morgan fingerprint density at radius 3 is 2.69 bits per heavy atom. The van der Waals surface area contributed by atoms with Crippen molar-refractivity contribution in [3.63, 3.8) is 0 Å². The summed E-state index contributed by atoms with van der Waals surface area (Å²) in [6.45, 7) is 3.04. The van der Waals surface area contributed by atoms with Crippen molar-refractivity contribution >= 4 is 22.6 Å². The molecule has 1 unspecified atom stereocenters. The van der Waals surface area contributed by atoms with E-state index in [0.29, 0.717) is 18.8 Å². The SMILES string of the molecule is COc1ccc(C2(O)CN(c3ccc(C)cc3)C3=[N+]2CCCS3)c(F)c1. The second-order valence-corrected chi connectivity index (χ2v) is 7.78. The van der Waals surface area contributed by atoms with Gasteiger partial charge in [-0.05, 0) is 49.4 Å². The highest BCUT2D eigenvalue weighted by Gasteiger charge is 2.54. The molecule has 0 saturated carbocycles. The van der Waals surface area contributed by atoms with Crippen LogP contribution in [0.3, 0.4) is 0 Å². The minimum Gasteiger partial charge on any atom is -0.497 e. The summed E-state index contributed by atoms with van der Waals surface area (Å²) >= 11 is 1.71. The number of methoxy groups -OCH3 is 1. The van der Waals surface area contributed by atoms with Gasteiger partial charge in [-0.2, -0.15) is 0 Å². The quantitative estimate of drug-likeness (QED) is 0.838. The van der Waals surface area contributed by atoms with Gasteiger partial charge in [0.05, 0.1) is 19.2 Å². The van der Waals surface area contributed by atoms with Crippen molar-refractivity contribution in [2.24, 2.45) is 0 Å². The molecule has 136 valence electrons. The van der Waals surface area contributed by atoms with E-state index in [0.717, 1.165) is 23.0 Å². The molecular formula is C20H22FN2O2S+. The van der Waals surface area contributed by atoms with Crippen molar-refractivity contribution in [2.75, 3.05) is 30.9 Å². The summed E-state index contributed by atoms with van der Waals surface area (Å²) in [5.74, 6) is 0.989. The molecule has 0 aromatic heterocycles. The first-order valence-corrected chi connectivity index (χ1v) is 9.69. The minimum absolute atomic E-state index is 0.285. The summed E-state index contributed by atoms with van der Waals surface area (Å²) in [6, 6.07) is 12.9. The van der Waals surface area contributed by atoms with Crippen molar-refractivity contribution in [2.45, 2.75) is 19.1 Å². The highest BCUT2D eigenvalue weighted by Crippen LogP contribution is 2.39. The molecule has 0 saturated heterocycles. The Morgan fingerprint density at radius 2 is 2.00 bits per heavy atom. The summed E-state index contributed by atoms with van der Waals surface area (Å²) in [5.41, 5.74) is 1.08. The van der Waals surface area contributed by atoms with E-state index in [9.17, 15) is 9.50 Å². The van der Waals surface area contributed by atoms with Crippen LogP contribution in [-0.2, 0) is 5.72 Å². The molecule has 2 heterocycles. The second kappa shape index (κ2) is 6.59. The molecule has 2 aliphatic heterocycles. The molecule has 4 nitrogen and oxygen atoms in total. The van der Waals surface area contributed by atoms with Crippen molar-refractivity contribution in [3.8, 4) is 5.75 Å². The molecule has 0 spiro atoms. The fourth-order valence-electron chi connectivity index (χ4n) is 3.60. The van der Waals surface area contributed by atoms with Gasteiger partial charge in [0.25, 0.3) is 5.72 Å². The van der Waals surface area contributed by atoms with E-state index in [1.54, 1.807) is 23.9 Å². The van der Waals surface area contributed by atoms with Gasteiger partial charge in [0.2, 0.25) is 0 Å². The van der Waals surface area contributed by atoms with Crippen LogP contribution in [0.1, 0.15) is 17.5 Å². The third kappa shape index (κ3) is 2.77. The predicted molar refractivity (Wildman–Crippen MR) is 103 cm³/mol. The molecule has 0 radical (unpaired) electrons. The van der Waals surface area contributed by atoms with Crippen molar-refractivity contribution in [1.82, 2.24) is 0 Å². The van der Waals surface area contributed by atoms with Crippen molar-refractivity contribution in [1.29, 1.82) is 0 Å². The van der Waals surface area contributed by atoms with Crippen LogP contribution in [0.4, 0.5) is 10.1 Å². The Hall–Kier alpha value is -2.05. The van der Waals surface area contributed by atoms with Gasteiger partial charge in [0.1, 0.15) is 17.3 Å². The minimum atomic E-state index is -1.40. The lowest BCUT2D eigenvalue weighted by molar-refractivity contribution is -0.657. The molecule has 2 aliphatic rings. The number of hydrogen-bond donors (Lipinski definition) is 1. The second-order valence-electron chi connectivity index (χ2n) is 6.72. The van der Waals surface area contributed by atoms with Crippen LogP contribution in [0.2, 0.25) is 0 Å². The van der Waals surface area contributed by atoms with E-state index in [-0.39, 0.29) is 5.56 Å². The molecule has 1 N–H and O–H groups in total. The van der Waals surface area contributed by atoms with E-state index in [4.69, 9.17) is 4.74 Å². The van der Waals surface area contributed by atoms with Crippen molar-refractivity contribution < 1.29 is 18.8 Å². The van der Waals surface area contributed by atoms with Gasteiger partial charge in [-0.15, -0.1) is 0 Å². The first-order valence-electron chi connectivity index (χ1n) is 8.71. The zero-order valence-electron chi connectivity index (χ0n) is 14.9. The van der Waals surface area contributed by atoms with Gasteiger partial charge in [0, 0.05) is 11.8 Å². The van der Waals surface area contributed by atoms with Gasteiger partial charge in [0.15, 0.2) is 6.54 Å². The highest BCUT2D eigenvalue weighted by atomic mass is 32.2. The molecule has 1 atom stereocenters. The standard InChI is InChI=1S/C20H22FN2O2S/c1-14-4-6-15(7-5-14)22-13-20(24,23-10-3-11-26-19(22)23)17-9-8-16(25-2)12-18(17)21/h4-9,12,24H,3,10-11,13H2,1-2H3/q+1. The number of rotatable bonds is 3. The summed E-state index contributed by atoms with van der Waals surface area (Å²) in [4.78, 5) is 2.09. The molecule has 0 bridgehead atoms. The van der Waals surface area contributed by atoms with Crippen LogP contribution < -0.4 is 9.64 Å². The number of β-amino-alcohol motifs (C(OH)–C–C–N with tert-alkyl or cyclic N) is 1. The molecular weight excluding hydrogens is 351 g/mol. The maximum atomic E-state index is 14.8. The molecule has 4 rings (SSSR count). The summed E-state index contributed by atoms with van der Waals surface area (Å²) in [7, 11) is 1.50. The van der Waals surface area contributed by atoms with Crippen LogP contribution in [0, 0.1) is 12.7 Å². The normalized spacial score (nSPS) is 22.5. The average Bonchev–Trinajstić information content (AvgIpc) is 2.96. The number of ether oxygens (including phenoxy) is 1. The van der Waals surface area contributed by atoms with E-state index in [1.165, 1.54) is 18.7 Å². The third-order valence-corrected chi connectivity index (χ3v) is 6.19. The lowest BCUT2D eigenvalue weighted by Gasteiger charge is -2.24. The van der Waals surface area contributed by atoms with Crippen LogP contribution >= 0.6 is 11.8 Å². The average molecular weight is 373 g/mol. The van der Waals surface area contributed by atoms with Crippen LogP contribution in [0.15, 0.2) is 42.5 Å². The number of amidine groups is 1. The van der Waals surface area contributed by atoms with Gasteiger partial charge < -0.3 is 9.84 Å². The van der Waals surface area contributed by atoms with E-state index >= 15 is 0 Å². The van der Waals surface area contributed by atoms with E-state index in [1.807, 2.05) is 23.6 Å². The largest absolute Gasteiger partial charge is 0.497 e. The number of benzene rings is 2. The van der Waals surface area contributed by atoms with Crippen LogP contribution in [0.5, 0.6) is 5.75 Å². The zero-order chi connectivity index (χ0) is 18.3. The summed E-state index contributed by atoms with van der Waals surface area (Å²) in [5, 5.41) is 12.5. The van der Waals surface area contributed by atoms with Gasteiger partial charge in [-0.3, -0.25) is 0 Å². The Labute approximate surface area is 156 Å². The first-order chi connectivity index (χ1) is 12.5. The Balaban J connectivity index is 1.80. The number of aryl methyl sites for hydroxylation is 1. The third-order valence-electron chi connectivity index (χ3n) is 5.00. The van der Waals surface area contributed by atoms with Gasteiger partial charge >= 0.3 is 5.17 Å². The topological polar surface area (TPSA) is 35.7 Å². The maximum Gasteiger partial charge on any atom is 0.316 e. The number of thioether (sulfide) groups is 1. The molecule has 6 heteroatoms. The van der Waals surface area contributed by atoms with E-state index < -0.39 is 11.5 Å². The number of halogens is 1. The zero-order valence-corrected chi connectivity index (χ0v) is 15.7. The molecule has 26 heavy (non-hydrogen) atoms. The first kappa shape index (κ1) is 17.4. The highest BCUT2D eigenvalue weighted by molar-refractivity contribution is 8.13. The Kier molecular flexibility index (Phi) is 4.40. The number of anilines is 1. The van der Waals surface area contributed by atoms with E-state index in [2.05, 4.69) is 17.0 Å². The van der Waals surface area contributed by atoms with Crippen LogP contribution in [-0.4, -0.2) is 40.8 Å².